The number of hydrogen-bond acceptors (Lipinski definition) is 1. The molecule has 0 spiro atoms. The first-order valence-corrected chi connectivity index (χ1v) is 6.97. The lowest BCUT2D eigenvalue weighted by Crippen LogP contribution is -2.23. The van der Waals surface area contributed by atoms with Crippen molar-refractivity contribution in [2.45, 2.75) is 52.6 Å². The van der Waals surface area contributed by atoms with E-state index in [0.717, 1.165) is 30.5 Å². The molecule has 0 bridgehead atoms. The molecule has 0 aliphatic heterocycles. The molecule has 0 fully saturated rings. The summed E-state index contributed by atoms with van der Waals surface area (Å²) in [4.78, 5) is 12.3. The van der Waals surface area contributed by atoms with E-state index in [-0.39, 0.29) is 5.69 Å². The van der Waals surface area contributed by atoms with Crippen molar-refractivity contribution >= 4 is 11.0 Å². The summed E-state index contributed by atoms with van der Waals surface area (Å²) >= 11 is 0. The maximum absolute atomic E-state index is 12.3. The fourth-order valence-corrected chi connectivity index (χ4v) is 2.49. The molecule has 3 nitrogen and oxygen atoms in total. The monoisotopic (exact) mass is 246 g/mol. The zero-order chi connectivity index (χ0) is 13.0. The van der Waals surface area contributed by atoms with E-state index in [4.69, 9.17) is 0 Å². The number of unbranched alkanes of at least 4 members (excludes halogenated alkanes) is 3. The number of aromatic nitrogens is 2. The SMILES string of the molecule is CCCCCCn1c(=O)n(CC)c2ccccc21. The lowest BCUT2D eigenvalue weighted by Gasteiger charge is -2.02. The number of para-hydroxylation sites is 2. The first kappa shape index (κ1) is 12.9. The van der Waals surface area contributed by atoms with Gasteiger partial charge in [0, 0.05) is 13.1 Å². The minimum absolute atomic E-state index is 0.134. The molecule has 1 aromatic heterocycles. The third-order valence-electron chi connectivity index (χ3n) is 3.48. The van der Waals surface area contributed by atoms with Crippen LogP contribution >= 0.6 is 0 Å². The molecule has 1 aromatic carbocycles. The van der Waals surface area contributed by atoms with Crippen molar-refractivity contribution < 1.29 is 0 Å². The van der Waals surface area contributed by atoms with Gasteiger partial charge in [0.15, 0.2) is 0 Å². The molecule has 98 valence electrons. The molecule has 0 radical (unpaired) electrons. The van der Waals surface area contributed by atoms with Crippen molar-refractivity contribution in [3.8, 4) is 0 Å². The Morgan fingerprint density at radius 2 is 1.61 bits per heavy atom. The van der Waals surface area contributed by atoms with E-state index in [1.807, 2.05) is 40.3 Å². The van der Waals surface area contributed by atoms with E-state index in [2.05, 4.69) is 6.92 Å². The number of hydrogen-bond donors (Lipinski definition) is 0. The highest BCUT2D eigenvalue weighted by Gasteiger charge is 2.10. The van der Waals surface area contributed by atoms with Crippen LogP contribution in [0.5, 0.6) is 0 Å². The van der Waals surface area contributed by atoms with E-state index in [0.29, 0.717) is 0 Å². The van der Waals surface area contributed by atoms with Crippen LogP contribution < -0.4 is 5.69 Å². The molecule has 0 aliphatic carbocycles. The van der Waals surface area contributed by atoms with Crippen molar-refractivity contribution in [2.75, 3.05) is 0 Å². The molecule has 0 N–H and O–H groups in total. The molecule has 0 saturated heterocycles. The Labute approximate surface area is 108 Å². The summed E-state index contributed by atoms with van der Waals surface area (Å²) in [6, 6.07) is 8.07. The first-order chi connectivity index (χ1) is 8.79. The second-order valence-corrected chi connectivity index (χ2v) is 4.73. The Morgan fingerprint density at radius 1 is 0.944 bits per heavy atom. The number of aryl methyl sites for hydroxylation is 2. The van der Waals surface area contributed by atoms with Crippen LogP contribution in [0, 0.1) is 0 Å². The number of benzene rings is 1. The highest BCUT2D eigenvalue weighted by atomic mass is 16.1. The Bertz CT molecular complexity index is 565. The molecule has 1 heterocycles. The van der Waals surface area contributed by atoms with Gasteiger partial charge < -0.3 is 0 Å². The van der Waals surface area contributed by atoms with Crippen molar-refractivity contribution in [3.63, 3.8) is 0 Å². The van der Waals surface area contributed by atoms with Gasteiger partial charge in [-0.1, -0.05) is 38.3 Å². The minimum atomic E-state index is 0.134. The third-order valence-corrected chi connectivity index (χ3v) is 3.48. The largest absolute Gasteiger partial charge is 0.329 e. The Kier molecular flexibility index (Phi) is 4.24. The Hall–Kier alpha value is -1.51. The fourth-order valence-electron chi connectivity index (χ4n) is 2.49. The van der Waals surface area contributed by atoms with Gasteiger partial charge >= 0.3 is 5.69 Å². The summed E-state index contributed by atoms with van der Waals surface area (Å²) in [5.41, 5.74) is 2.26. The number of fused-ring (bicyclic) bond motifs is 1. The molecule has 2 rings (SSSR count). The fraction of sp³-hybridized carbons (Fsp3) is 0.533. The van der Waals surface area contributed by atoms with Crippen molar-refractivity contribution in [3.05, 3.63) is 34.7 Å². The van der Waals surface area contributed by atoms with Crippen LogP contribution in [0.4, 0.5) is 0 Å². The quantitative estimate of drug-likeness (QED) is 0.718. The van der Waals surface area contributed by atoms with Gasteiger partial charge in [-0.2, -0.15) is 0 Å². The second kappa shape index (κ2) is 5.89. The van der Waals surface area contributed by atoms with Crippen molar-refractivity contribution in [2.24, 2.45) is 0 Å². The van der Waals surface area contributed by atoms with Crippen LogP contribution in [0.3, 0.4) is 0 Å². The van der Waals surface area contributed by atoms with Crippen LogP contribution in [-0.2, 0) is 13.1 Å². The Balaban J connectivity index is 2.32. The van der Waals surface area contributed by atoms with Crippen LogP contribution in [-0.4, -0.2) is 9.13 Å². The van der Waals surface area contributed by atoms with E-state index < -0.39 is 0 Å². The second-order valence-electron chi connectivity index (χ2n) is 4.73. The van der Waals surface area contributed by atoms with Gasteiger partial charge in [-0.3, -0.25) is 9.13 Å². The van der Waals surface area contributed by atoms with Gasteiger partial charge in [-0.05, 0) is 25.5 Å². The van der Waals surface area contributed by atoms with E-state index >= 15 is 0 Å². The number of nitrogens with zero attached hydrogens (tertiary/aromatic N) is 2. The van der Waals surface area contributed by atoms with E-state index in [1.54, 1.807) is 0 Å². The molecule has 18 heavy (non-hydrogen) atoms. The summed E-state index contributed by atoms with van der Waals surface area (Å²) < 4.78 is 3.78. The van der Waals surface area contributed by atoms with Gasteiger partial charge in [-0.25, -0.2) is 4.79 Å². The van der Waals surface area contributed by atoms with Gasteiger partial charge in [0.05, 0.1) is 11.0 Å². The molecule has 0 unspecified atom stereocenters. The topological polar surface area (TPSA) is 26.9 Å². The van der Waals surface area contributed by atoms with Crippen molar-refractivity contribution in [1.29, 1.82) is 0 Å². The van der Waals surface area contributed by atoms with Gasteiger partial charge in [0.25, 0.3) is 0 Å². The molecular formula is C15H22N2O. The maximum Gasteiger partial charge on any atom is 0.329 e. The molecule has 0 amide bonds. The summed E-state index contributed by atoms with van der Waals surface area (Å²) in [7, 11) is 0. The zero-order valence-electron chi connectivity index (χ0n) is 11.4. The summed E-state index contributed by atoms with van der Waals surface area (Å²) in [6.07, 6.45) is 4.77. The van der Waals surface area contributed by atoms with Crippen LogP contribution in [0.15, 0.2) is 29.1 Å². The highest BCUT2D eigenvalue weighted by molar-refractivity contribution is 5.75. The smallest absolute Gasteiger partial charge is 0.292 e. The predicted molar refractivity (Wildman–Crippen MR) is 76.0 cm³/mol. The average molecular weight is 246 g/mol. The van der Waals surface area contributed by atoms with Gasteiger partial charge in [0.1, 0.15) is 0 Å². The number of rotatable bonds is 6. The molecule has 0 saturated carbocycles. The zero-order valence-corrected chi connectivity index (χ0v) is 11.4. The molecule has 3 heteroatoms. The normalized spacial score (nSPS) is 11.2. The third kappa shape index (κ3) is 2.35. The molecule has 0 aliphatic rings. The van der Waals surface area contributed by atoms with Crippen molar-refractivity contribution in [1.82, 2.24) is 9.13 Å². The molecular weight excluding hydrogens is 224 g/mol. The average Bonchev–Trinajstić information content (AvgIpc) is 2.67. The van der Waals surface area contributed by atoms with Gasteiger partial charge in [0.2, 0.25) is 0 Å². The van der Waals surface area contributed by atoms with Crippen LogP contribution in [0.2, 0.25) is 0 Å². The first-order valence-electron chi connectivity index (χ1n) is 6.97. The lowest BCUT2D eigenvalue weighted by molar-refractivity contribution is 0.567. The highest BCUT2D eigenvalue weighted by Crippen LogP contribution is 2.13. The summed E-state index contributed by atoms with van der Waals surface area (Å²) in [5.74, 6) is 0. The predicted octanol–water partition coefficient (Wildman–Crippen LogP) is 3.40. The molecule has 2 aromatic rings. The number of imidazole rings is 1. The standard InChI is InChI=1S/C15H22N2O/c1-3-5-6-9-12-17-14-11-8-7-10-13(14)16(4-2)15(17)18/h7-8,10-11H,3-6,9,12H2,1-2H3. The molecule has 0 atom stereocenters. The lowest BCUT2D eigenvalue weighted by atomic mass is 10.2. The maximum atomic E-state index is 12.3. The summed E-state index contributed by atoms with van der Waals surface area (Å²) in [5, 5.41) is 0. The minimum Gasteiger partial charge on any atom is -0.292 e. The van der Waals surface area contributed by atoms with Gasteiger partial charge in [-0.15, -0.1) is 0 Å². The van der Waals surface area contributed by atoms with E-state index in [9.17, 15) is 4.79 Å². The van der Waals surface area contributed by atoms with Crippen LogP contribution in [0.1, 0.15) is 39.5 Å². The summed E-state index contributed by atoms with van der Waals surface area (Å²) in [6.45, 7) is 5.80. The Morgan fingerprint density at radius 3 is 2.22 bits per heavy atom. The van der Waals surface area contributed by atoms with E-state index in [1.165, 1.54) is 19.3 Å². The van der Waals surface area contributed by atoms with Crippen LogP contribution in [0.25, 0.3) is 11.0 Å².